The van der Waals surface area contributed by atoms with Crippen LogP contribution in [0.4, 0.5) is 0 Å². The Balaban J connectivity index is 0.00000180. The van der Waals surface area contributed by atoms with Gasteiger partial charge in [0, 0.05) is 25.5 Å². The van der Waals surface area contributed by atoms with Gasteiger partial charge in [-0.15, -0.1) is 12.4 Å². The Morgan fingerprint density at radius 3 is 2.70 bits per heavy atom. The number of hydrogen-bond acceptors (Lipinski definition) is 4. The minimum atomic E-state index is 0. The lowest BCUT2D eigenvalue weighted by molar-refractivity contribution is 0.470. The number of hydrogen-bond donors (Lipinski definition) is 2. The van der Waals surface area contributed by atoms with Gasteiger partial charge in [0.2, 0.25) is 0 Å². The van der Waals surface area contributed by atoms with Gasteiger partial charge >= 0.3 is 0 Å². The van der Waals surface area contributed by atoms with E-state index in [0.717, 1.165) is 56.1 Å². The third-order valence-electron chi connectivity index (χ3n) is 5.46. The van der Waals surface area contributed by atoms with Crippen LogP contribution in [0.1, 0.15) is 36.1 Å². The molecule has 0 unspecified atom stereocenters. The van der Waals surface area contributed by atoms with Gasteiger partial charge in [-0.05, 0) is 68.0 Å². The van der Waals surface area contributed by atoms with Crippen molar-refractivity contribution >= 4 is 12.4 Å². The molecule has 2 aromatic heterocycles. The summed E-state index contributed by atoms with van der Waals surface area (Å²) in [5, 5.41) is 18.8. The van der Waals surface area contributed by atoms with Gasteiger partial charge in [-0.25, -0.2) is 4.98 Å². The first-order valence-corrected chi connectivity index (χ1v) is 9.46. The molecule has 0 amide bonds. The number of nitrogens with zero attached hydrogens (tertiary/aromatic N) is 4. The van der Waals surface area contributed by atoms with E-state index >= 15 is 0 Å². The molecule has 142 valence electrons. The summed E-state index contributed by atoms with van der Waals surface area (Å²) in [5.41, 5.74) is 5.44. The van der Waals surface area contributed by atoms with Crippen LogP contribution in [0.15, 0.2) is 30.6 Å². The number of phenolic OH excluding ortho intramolecular Hbond substituents is 1. The second kappa shape index (κ2) is 7.37. The third-order valence-corrected chi connectivity index (χ3v) is 5.46. The van der Waals surface area contributed by atoms with Crippen molar-refractivity contribution in [2.45, 2.75) is 45.2 Å². The molecule has 0 spiro atoms. The van der Waals surface area contributed by atoms with E-state index < -0.39 is 0 Å². The fraction of sp³-hybridized carbons (Fsp3) is 0.400. The summed E-state index contributed by atoms with van der Waals surface area (Å²) in [6.07, 6.45) is 9.32. The van der Waals surface area contributed by atoms with Crippen LogP contribution in [0, 0.1) is 0 Å². The van der Waals surface area contributed by atoms with Gasteiger partial charge in [0.25, 0.3) is 0 Å². The fourth-order valence-electron chi connectivity index (χ4n) is 4.11. The maximum atomic E-state index is 10.6. The number of aromatic hydroxyl groups is 1. The number of halogens is 1. The summed E-state index contributed by atoms with van der Waals surface area (Å²) >= 11 is 0. The van der Waals surface area contributed by atoms with Crippen molar-refractivity contribution in [1.29, 1.82) is 0 Å². The molecule has 5 rings (SSSR count). The van der Waals surface area contributed by atoms with Crippen LogP contribution in [-0.2, 0) is 25.9 Å². The average molecular weight is 386 g/mol. The Labute approximate surface area is 164 Å². The van der Waals surface area contributed by atoms with Crippen LogP contribution in [-0.4, -0.2) is 31.0 Å². The van der Waals surface area contributed by atoms with E-state index in [2.05, 4.69) is 27.1 Å². The summed E-state index contributed by atoms with van der Waals surface area (Å²) < 4.78 is 4.03. The number of benzene rings is 1. The van der Waals surface area contributed by atoms with E-state index in [9.17, 15) is 5.11 Å². The van der Waals surface area contributed by atoms with Gasteiger partial charge in [0.05, 0.1) is 11.4 Å². The van der Waals surface area contributed by atoms with E-state index in [1.165, 1.54) is 29.7 Å². The molecule has 0 atom stereocenters. The Morgan fingerprint density at radius 1 is 1.04 bits per heavy atom. The number of aromatic nitrogens is 4. The minimum absolute atomic E-state index is 0. The maximum Gasteiger partial charge on any atom is 0.165 e. The molecular weight excluding hydrogens is 362 g/mol. The van der Waals surface area contributed by atoms with Crippen molar-refractivity contribution in [1.82, 2.24) is 24.6 Å². The molecule has 2 N–H and O–H groups in total. The highest BCUT2D eigenvalue weighted by Gasteiger charge is 2.19. The van der Waals surface area contributed by atoms with E-state index in [4.69, 9.17) is 5.10 Å². The van der Waals surface area contributed by atoms with Crippen LogP contribution in [0.2, 0.25) is 0 Å². The predicted octanol–water partition coefficient (Wildman–Crippen LogP) is 3.24. The quantitative estimate of drug-likeness (QED) is 0.710. The highest BCUT2D eigenvalue weighted by molar-refractivity contribution is 5.85. The third kappa shape index (κ3) is 3.24. The normalized spacial score (nSPS) is 16.1. The van der Waals surface area contributed by atoms with Crippen molar-refractivity contribution in [3.8, 4) is 23.0 Å². The lowest BCUT2D eigenvalue weighted by atomic mass is 9.91. The van der Waals surface area contributed by atoms with Crippen LogP contribution in [0.25, 0.3) is 17.2 Å². The Kier molecular flexibility index (Phi) is 4.93. The molecule has 3 heterocycles. The zero-order chi connectivity index (χ0) is 17.5. The number of fused-ring (bicyclic) bond motifs is 2. The first-order valence-electron chi connectivity index (χ1n) is 9.46. The molecule has 6 nitrogen and oxygen atoms in total. The standard InChI is InChI=1S/C20H23N5O.ClH/c26-19-11-15-5-2-1-4-14(15)10-18(19)24-9-7-22-20(24)17-12-16-13-21-6-3-8-25(16)23-17;/h7,9-12,21,26H,1-6,8,13H2;1H. The Bertz CT molecular complexity index is 938. The van der Waals surface area contributed by atoms with E-state index in [-0.39, 0.29) is 12.4 Å². The molecule has 2 aliphatic rings. The van der Waals surface area contributed by atoms with Gasteiger partial charge in [-0.2, -0.15) is 5.10 Å². The minimum Gasteiger partial charge on any atom is -0.506 e. The fourth-order valence-corrected chi connectivity index (χ4v) is 4.11. The highest BCUT2D eigenvalue weighted by Crippen LogP contribution is 2.33. The number of nitrogens with one attached hydrogen (secondary N) is 1. The number of phenols is 1. The molecule has 0 bridgehead atoms. The number of aryl methyl sites for hydroxylation is 3. The van der Waals surface area contributed by atoms with Gasteiger partial charge in [0.1, 0.15) is 11.4 Å². The molecule has 0 saturated heterocycles. The van der Waals surface area contributed by atoms with Crippen LogP contribution >= 0.6 is 12.4 Å². The summed E-state index contributed by atoms with van der Waals surface area (Å²) in [7, 11) is 0. The van der Waals surface area contributed by atoms with E-state index in [1.54, 1.807) is 6.20 Å². The largest absolute Gasteiger partial charge is 0.506 e. The van der Waals surface area contributed by atoms with Gasteiger partial charge in [-0.1, -0.05) is 0 Å². The van der Waals surface area contributed by atoms with Gasteiger partial charge in [-0.3, -0.25) is 9.25 Å². The molecule has 1 aromatic carbocycles. The first-order chi connectivity index (χ1) is 12.8. The van der Waals surface area contributed by atoms with Gasteiger partial charge < -0.3 is 10.4 Å². The molecular formula is C20H24ClN5O. The zero-order valence-electron chi connectivity index (χ0n) is 15.2. The van der Waals surface area contributed by atoms with Crippen molar-refractivity contribution < 1.29 is 5.11 Å². The summed E-state index contributed by atoms with van der Waals surface area (Å²) in [4.78, 5) is 4.54. The summed E-state index contributed by atoms with van der Waals surface area (Å²) in [6.45, 7) is 2.78. The number of imidazole rings is 1. The second-order valence-corrected chi connectivity index (χ2v) is 7.21. The van der Waals surface area contributed by atoms with E-state index in [1.807, 2.05) is 16.8 Å². The van der Waals surface area contributed by atoms with Gasteiger partial charge in [0.15, 0.2) is 5.82 Å². The average Bonchev–Trinajstić information content (AvgIpc) is 3.23. The molecule has 1 aliphatic heterocycles. The Morgan fingerprint density at radius 2 is 1.85 bits per heavy atom. The Hall–Kier alpha value is -2.31. The molecule has 27 heavy (non-hydrogen) atoms. The molecule has 7 heteroatoms. The SMILES string of the molecule is Cl.Oc1cc2c(cc1-n1ccnc1-c1cc3n(n1)CCCNC3)CCCC2. The highest BCUT2D eigenvalue weighted by atomic mass is 35.5. The monoisotopic (exact) mass is 385 g/mol. The zero-order valence-corrected chi connectivity index (χ0v) is 16.0. The van der Waals surface area contributed by atoms with Crippen molar-refractivity contribution in [2.24, 2.45) is 0 Å². The van der Waals surface area contributed by atoms with Crippen LogP contribution < -0.4 is 5.32 Å². The lowest BCUT2D eigenvalue weighted by Crippen LogP contribution is -2.11. The smallest absolute Gasteiger partial charge is 0.165 e. The van der Waals surface area contributed by atoms with E-state index in [0.29, 0.717) is 5.75 Å². The predicted molar refractivity (Wildman–Crippen MR) is 107 cm³/mol. The summed E-state index contributed by atoms with van der Waals surface area (Å²) in [6, 6.07) is 6.16. The molecule has 0 radical (unpaired) electrons. The maximum absolute atomic E-state index is 10.6. The summed E-state index contributed by atoms with van der Waals surface area (Å²) in [5.74, 6) is 1.09. The topological polar surface area (TPSA) is 67.9 Å². The first kappa shape index (κ1) is 18.1. The number of rotatable bonds is 2. The van der Waals surface area contributed by atoms with Crippen LogP contribution in [0.3, 0.4) is 0 Å². The molecule has 1 aliphatic carbocycles. The van der Waals surface area contributed by atoms with Crippen LogP contribution in [0.5, 0.6) is 5.75 Å². The van der Waals surface area contributed by atoms with Crippen molar-refractivity contribution in [3.63, 3.8) is 0 Å². The van der Waals surface area contributed by atoms with Crippen molar-refractivity contribution in [3.05, 3.63) is 47.4 Å². The molecule has 3 aromatic rings. The van der Waals surface area contributed by atoms with Crippen molar-refractivity contribution in [2.75, 3.05) is 6.54 Å². The second-order valence-electron chi connectivity index (χ2n) is 7.21. The lowest BCUT2D eigenvalue weighted by Gasteiger charge is -2.18. The molecule has 0 fully saturated rings. The molecule has 0 saturated carbocycles.